The number of para-hydroxylation sites is 1. The van der Waals surface area contributed by atoms with E-state index in [9.17, 15) is 97.7 Å². The molecule has 0 aliphatic carbocycles. The van der Waals surface area contributed by atoms with Gasteiger partial charge in [0.2, 0.25) is 29.5 Å². The molecule has 15 N–H and O–H groups in total. The molecule has 6 rings (SSSR count). The summed E-state index contributed by atoms with van der Waals surface area (Å²) >= 11 is 1.02. The van der Waals surface area contributed by atoms with Crippen molar-refractivity contribution >= 4 is 92.8 Å². The summed E-state index contributed by atoms with van der Waals surface area (Å²) in [5.41, 5.74) is 4.58. The normalized spacial score (nSPS) is 22.1. The number of aromatic hydroxyl groups is 1. The van der Waals surface area contributed by atoms with Crippen LogP contribution in [0.25, 0.3) is 11.2 Å². The van der Waals surface area contributed by atoms with Gasteiger partial charge in [0.1, 0.15) is 79.2 Å². The van der Waals surface area contributed by atoms with Crippen LogP contribution in [-0.4, -0.2) is 217 Å². The molecule has 554 valence electrons. The van der Waals surface area contributed by atoms with E-state index < -0.39 is 145 Å². The van der Waals surface area contributed by atoms with E-state index in [0.717, 1.165) is 41.8 Å². The molecule has 3 fully saturated rings. The van der Waals surface area contributed by atoms with Crippen LogP contribution in [0.2, 0.25) is 0 Å². The molecule has 3 aromatic rings. The molecule has 3 saturated heterocycles. The predicted molar refractivity (Wildman–Crippen MR) is 346 cm³/mol. The zero-order chi connectivity index (χ0) is 72.7. The number of amides is 5. The quantitative estimate of drug-likeness (QED) is 0.00926. The monoisotopic (exact) mass is 1480 g/mol. The number of phosphoric ester groups is 3. The number of thioether (sulfide) groups is 1. The zero-order valence-electron chi connectivity index (χ0n) is 54.0. The standard InChI is InChI=1S/C56H85N12O27P3S/c1-56(2,31-92-98(87,88)95-97(85,86)91-30-39-46(94-96(82,83)84)45(74)54(93-39)66-33-62-44-48(57)60-32-61-49(44)66)47(75)51(77)59-23-21-40(70)58-24-28-99-43(73)20-8-6-4-3-5-7-19-42(72)67(80)25-13-12-17-36(64-50(76)37-29-90-52(65-37)34-15-9-10-18-38(34)69)55(79)89-27-22-41(71)63-35-16-11-14-26-68(81)53(35)78/h7,9-10,15,18-19,32-33,35-37,39,42,45-47,52,54,65,69,72,74-75H,3-6,8,11-14,16-17,20-31H2,1-2H3,(H,58,70)(H,59,77)(H,63,71)(H,64,76)(H,85,86)(H,87,88)(H2,57,60,61)(H2,82,83,84)/q-2/b19-7-. The number of nitrogens with two attached hydrogens (primary N) is 1. The fourth-order valence-electron chi connectivity index (χ4n) is 10.1. The van der Waals surface area contributed by atoms with Gasteiger partial charge in [-0.25, -0.2) is 33.4 Å². The van der Waals surface area contributed by atoms with E-state index in [4.69, 9.17) is 29.0 Å². The summed E-state index contributed by atoms with van der Waals surface area (Å²) < 4.78 is 73.7. The molecular weight excluding hydrogens is 1400 g/mol. The fourth-order valence-corrected chi connectivity index (χ4v) is 13.7. The molecule has 2 aromatic heterocycles. The maximum atomic E-state index is 13.4. The number of unbranched alkanes of at least 4 members (excludes halogenated alkanes) is 5. The number of esters is 1. The topological polar surface area (TPSA) is 580 Å². The minimum Gasteiger partial charge on any atom is -0.783 e. The fraction of sp³-hybridized carbons (Fsp3) is 0.643. The third-order valence-corrected chi connectivity index (χ3v) is 19.5. The van der Waals surface area contributed by atoms with Crippen molar-refractivity contribution in [3.05, 3.63) is 65.1 Å². The van der Waals surface area contributed by atoms with Crippen LogP contribution in [0.5, 0.6) is 5.75 Å². The second-order valence-electron chi connectivity index (χ2n) is 23.7. The first-order chi connectivity index (χ1) is 46.7. The summed E-state index contributed by atoms with van der Waals surface area (Å²) in [5.74, 6) is -4.26. The molecule has 5 heterocycles. The number of aromatic nitrogens is 4. The average molecular weight is 1480 g/mol. The number of benzene rings is 1. The molecule has 0 saturated carbocycles. The number of carbonyl (C=O) groups is 7. The molecule has 12 unspecified atom stereocenters. The van der Waals surface area contributed by atoms with E-state index in [1.165, 1.54) is 26.0 Å². The molecule has 0 spiro atoms. The van der Waals surface area contributed by atoms with E-state index in [0.29, 0.717) is 47.8 Å². The summed E-state index contributed by atoms with van der Waals surface area (Å²) in [7, 11) is -16.6. The van der Waals surface area contributed by atoms with Crippen LogP contribution < -0.4 is 32.3 Å². The number of phosphoric acid groups is 3. The predicted octanol–water partition coefficient (Wildman–Crippen LogP) is 0.656. The number of nitrogens with zero attached hydrogens (tertiary/aromatic N) is 6. The van der Waals surface area contributed by atoms with E-state index >= 15 is 0 Å². The Kier molecular flexibility index (Phi) is 32.1. The smallest absolute Gasteiger partial charge is 0.481 e. The maximum Gasteiger partial charge on any atom is 0.481 e. The summed E-state index contributed by atoms with van der Waals surface area (Å²) in [6.45, 7) is -0.414. The maximum absolute atomic E-state index is 13.4. The number of aliphatic hydroxyl groups excluding tert-OH is 3. The third kappa shape index (κ3) is 26.7. The van der Waals surface area contributed by atoms with Gasteiger partial charge in [-0.1, -0.05) is 62.7 Å². The molecule has 1 aromatic carbocycles. The van der Waals surface area contributed by atoms with Gasteiger partial charge in [-0.15, -0.1) is 0 Å². The Bertz CT molecular complexity index is 3390. The van der Waals surface area contributed by atoms with Crippen LogP contribution in [0, 0.1) is 15.8 Å². The third-order valence-electron chi connectivity index (χ3n) is 15.5. The molecule has 3 aliphatic rings. The largest absolute Gasteiger partial charge is 0.783 e. The van der Waals surface area contributed by atoms with Gasteiger partial charge < -0.3 is 102 Å². The second kappa shape index (κ2) is 38.8. The minimum absolute atomic E-state index is 0.00640. The van der Waals surface area contributed by atoms with Crippen LogP contribution in [0.15, 0.2) is 49.1 Å². The lowest BCUT2D eigenvalue weighted by atomic mass is 9.87. The molecule has 0 radical (unpaired) electrons. The molecule has 5 amide bonds. The van der Waals surface area contributed by atoms with Crippen LogP contribution in [0.4, 0.5) is 5.82 Å². The van der Waals surface area contributed by atoms with Gasteiger partial charge in [0.15, 0.2) is 22.8 Å². The van der Waals surface area contributed by atoms with Crippen LogP contribution in [0.3, 0.4) is 0 Å². The van der Waals surface area contributed by atoms with Crippen molar-refractivity contribution in [2.45, 2.75) is 165 Å². The highest BCUT2D eigenvalue weighted by atomic mass is 32.2. The number of allylic oxidation sites excluding steroid dienone is 1. The van der Waals surface area contributed by atoms with Crippen LogP contribution >= 0.6 is 35.2 Å². The zero-order valence-corrected chi connectivity index (χ0v) is 57.5. The van der Waals surface area contributed by atoms with Crippen molar-refractivity contribution in [1.29, 1.82) is 0 Å². The first-order valence-electron chi connectivity index (χ1n) is 31.5. The number of aliphatic hydroxyl groups is 3. The van der Waals surface area contributed by atoms with Crippen LogP contribution in [-0.2, 0) is 79.3 Å². The molecule has 12 atom stereocenters. The van der Waals surface area contributed by atoms with Gasteiger partial charge in [-0.2, -0.15) is 4.31 Å². The van der Waals surface area contributed by atoms with Gasteiger partial charge in [0.05, 0.1) is 32.6 Å². The molecular formula is C56H85N12O27P3S-2. The Hall–Kier alpha value is -6.04. The number of nitrogens with one attached hydrogen (secondary N) is 5. The van der Waals surface area contributed by atoms with Crippen molar-refractivity contribution in [2.75, 3.05) is 64.1 Å². The van der Waals surface area contributed by atoms with Crippen molar-refractivity contribution in [1.82, 2.24) is 56.2 Å². The molecule has 43 heteroatoms. The Morgan fingerprint density at radius 1 is 0.939 bits per heavy atom. The summed E-state index contributed by atoms with van der Waals surface area (Å²) in [6.07, 6.45) is -1.50. The highest BCUT2D eigenvalue weighted by molar-refractivity contribution is 8.13. The number of hydrogen-bond donors (Lipinski definition) is 14. The van der Waals surface area contributed by atoms with E-state index in [1.807, 2.05) is 0 Å². The molecule has 0 bridgehead atoms. The van der Waals surface area contributed by atoms with Gasteiger partial charge in [-0.05, 0) is 76.5 Å². The van der Waals surface area contributed by atoms with Gasteiger partial charge in [-0.3, -0.25) is 52.2 Å². The number of nitrogen functional groups attached to an aromatic ring is 1. The number of fused-ring (bicyclic) bond motifs is 1. The summed E-state index contributed by atoms with van der Waals surface area (Å²) in [5, 5.41) is 80.8. The number of carbonyl (C=O) groups excluding carboxylic acids is 7. The highest BCUT2D eigenvalue weighted by Crippen LogP contribution is 2.61. The number of hydrogen-bond acceptors (Lipinski definition) is 30. The number of phenolic OH excluding ortho intramolecular Hbond substituents is 1. The summed E-state index contributed by atoms with van der Waals surface area (Å²) in [6, 6.07) is 3.24. The Labute approximate surface area is 571 Å². The summed E-state index contributed by atoms with van der Waals surface area (Å²) in [4.78, 5) is 141. The number of anilines is 1. The lowest BCUT2D eigenvalue weighted by Gasteiger charge is -2.31. The SMILES string of the molecule is CC(C)(COP(=O)(O)OP(=O)(O)OCC1OC(n2cnc3c(N)ncnc32)C(O)C1OP(=O)(O)O)C(O)C(=O)NCCC(=O)NCCSC(=O)CCCCCC/C=C\C(O)N([O-])CCCCC(NC(=O)C1COC(c2ccccc2O)N1)C(=O)OCCC(=O)NC1CCCCN([O-])C1=O. The van der Waals surface area contributed by atoms with Crippen molar-refractivity contribution in [2.24, 2.45) is 5.41 Å². The van der Waals surface area contributed by atoms with E-state index in [-0.39, 0.29) is 111 Å². The highest BCUT2D eigenvalue weighted by Gasteiger charge is 2.50. The van der Waals surface area contributed by atoms with E-state index in [1.54, 1.807) is 24.3 Å². The minimum atomic E-state index is -5.63. The molecule has 99 heavy (non-hydrogen) atoms. The van der Waals surface area contributed by atoms with Crippen molar-refractivity contribution in [3.8, 4) is 5.75 Å². The first kappa shape index (κ1) is 81.9. The Morgan fingerprint density at radius 2 is 1.68 bits per heavy atom. The van der Waals surface area contributed by atoms with Gasteiger partial charge in [0, 0.05) is 49.2 Å². The van der Waals surface area contributed by atoms with Crippen molar-refractivity contribution in [3.63, 3.8) is 0 Å². The average Bonchev–Trinajstić information content (AvgIpc) is 1.62. The Balaban J connectivity index is 0.795. The second-order valence-corrected chi connectivity index (χ2v) is 29.1. The Morgan fingerprint density at radius 3 is 2.42 bits per heavy atom. The number of rotatable bonds is 41. The van der Waals surface area contributed by atoms with Crippen molar-refractivity contribution < 1.29 is 119 Å². The van der Waals surface area contributed by atoms with Gasteiger partial charge in [0.25, 0.3) is 0 Å². The van der Waals surface area contributed by atoms with Gasteiger partial charge >= 0.3 is 29.4 Å². The van der Waals surface area contributed by atoms with Crippen LogP contribution in [0.1, 0.15) is 122 Å². The number of hydroxylamine groups is 4. The lowest BCUT2D eigenvalue weighted by Crippen LogP contribution is -2.50. The number of phenols is 1. The van der Waals surface area contributed by atoms with E-state index in [2.05, 4.69) is 50.4 Å². The number of imidazole rings is 1. The first-order valence-corrected chi connectivity index (χ1v) is 37.0. The number of ether oxygens (including phenoxy) is 3. The molecule has 39 nitrogen and oxygen atoms in total. The lowest BCUT2D eigenvalue weighted by molar-refractivity contribution is -0.149. The molecule has 3 aliphatic heterocycles.